The van der Waals surface area contributed by atoms with Gasteiger partial charge in [-0.25, -0.2) is 4.98 Å². The van der Waals surface area contributed by atoms with Crippen molar-refractivity contribution in [2.75, 3.05) is 0 Å². The number of nitrogens with zero attached hydrogens (tertiary/aromatic N) is 3. The summed E-state index contributed by atoms with van der Waals surface area (Å²) in [7, 11) is 0. The quantitative estimate of drug-likeness (QED) is 0.210. The highest BCUT2D eigenvalue weighted by molar-refractivity contribution is 6.24. The van der Waals surface area contributed by atoms with Gasteiger partial charge in [-0.2, -0.15) is 4.98 Å². The van der Waals surface area contributed by atoms with Crippen LogP contribution in [0, 0.1) is 0 Å². The Hall–Kier alpha value is -6.20. The fourth-order valence-electron chi connectivity index (χ4n) is 6.87. The average molecular weight is 578 g/mol. The molecular formula is C40H23N3O2. The van der Waals surface area contributed by atoms with Gasteiger partial charge in [0.2, 0.25) is 5.71 Å². The van der Waals surface area contributed by atoms with Gasteiger partial charge in [-0.1, -0.05) is 97.1 Å². The molecule has 0 aliphatic rings. The summed E-state index contributed by atoms with van der Waals surface area (Å²) in [6.45, 7) is 0. The molecule has 0 spiro atoms. The lowest BCUT2D eigenvalue weighted by molar-refractivity contribution is 0.653. The Kier molecular flexibility index (Phi) is 4.93. The van der Waals surface area contributed by atoms with Crippen molar-refractivity contribution in [3.8, 4) is 28.3 Å². The second-order valence-corrected chi connectivity index (χ2v) is 11.4. The smallest absolute Gasteiger partial charge is 0.231 e. The summed E-state index contributed by atoms with van der Waals surface area (Å²) in [5.74, 6) is 0.631. The van der Waals surface area contributed by atoms with Crippen LogP contribution in [0.15, 0.2) is 148 Å². The minimum Gasteiger partial charge on any atom is -0.456 e. The number of furan rings is 2. The van der Waals surface area contributed by atoms with Crippen LogP contribution in [0.1, 0.15) is 0 Å². The lowest BCUT2D eigenvalue weighted by Crippen LogP contribution is -1.97. The molecule has 4 heterocycles. The predicted octanol–water partition coefficient (Wildman–Crippen LogP) is 10.7. The summed E-state index contributed by atoms with van der Waals surface area (Å²) in [6.07, 6.45) is 0. The van der Waals surface area contributed by atoms with E-state index in [1.165, 1.54) is 10.8 Å². The molecular weight excluding hydrogens is 554 g/mol. The molecule has 0 unspecified atom stereocenters. The van der Waals surface area contributed by atoms with Crippen LogP contribution in [0.2, 0.25) is 0 Å². The minimum atomic E-state index is 0.578. The summed E-state index contributed by atoms with van der Waals surface area (Å²) >= 11 is 0. The zero-order valence-electron chi connectivity index (χ0n) is 23.9. The molecule has 0 fully saturated rings. The maximum atomic E-state index is 6.34. The normalized spacial score (nSPS) is 12.0. The largest absolute Gasteiger partial charge is 0.456 e. The van der Waals surface area contributed by atoms with Crippen molar-refractivity contribution >= 4 is 65.8 Å². The fraction of sp³-hybridized carbons (Fsp3) is 0. The molecule has 5 heteroatoms. The highest BCUT2D eigenvalue weighted by atomic mass is 16.3. The third-order valence-electron chi connectivity index (χ3n) is 8.82. The van der Waals surface area contributed by atoms with Crippen molar-refractivity contribution in [1.82, 2.24) is 14.5 Å². The van der Waals surface area contributed by atoms with Gasteiger partial charge in [-0.3, -0.25) is 0 Å². The van der Waals surface area contributed by atoms with E-state index in [2.05, 4.69) is 83.4 Å². The predicted molar refractivity (Wildman–Crippen MR) is 182 cm³/mol. The first kappa shape index (κ1) is 24.3. The first-order chi connectivity index (χ1) is 22.3. The highest BCUT2D eigenvalue weighted by Crippen LogP contribution is 2.42. The van der Waals surface area contributed by atoms with E-state index < -0.39 is 0 Å². The average Bonchev–Trinajstić information content (AvgIpc) is 3.77. The topological polar surface area (TPSA) is 57.0 Å². The Morgan fingerprint density at radius 1 is 0.467 bits per heavy atom. The Morgan fingerprint density at radius 2 is 1.16 bits per heavy atom. The molecule has 0 N–H and O–H groups in total. The summed E-state index contributed by atoms with van der Waals surface area (Å²) in [5, 5.41) is 6.51. The maximum absolute atomic E-state index is 6.34. The van der Waals surface area contributed by atoms with E-state index >= 15 is 0 Å². The number of fused-ring (bicyclic) bond motifs is 10. The molecule has 0 saturated heterocycles. The van der Waals surface area contributed by atoms with E-state index in [0.717, 1.165) is 71.8 Å². The Morgan fingerprint density at radius 3 is 2.00 bits per heavy atom. The van der Waals surface area contributed by atoms with Gasteiger partial charge >= 0.3 is 0 Å². The van der Waals surface area contributed by atoms with Crippen LogP contribution < -0.4 is 0 Å². The first-order valence-electron chi connectivity index (χ1n) is 15.0. The van der Waals surface area contributed by atoms with Crippen LogP contribution in [0.5, 0.6) is 0 Å². The van der Waals surface area contributed by atoms with Crippen LogP contribution in [0.4, 0.5) is 0 Å². The number of hydrogen-bond donors (Lipinski definition) is 0. The van der Waals surface area contributed by atoms with E-state index in [0.29, 0.717) is 11.5 Å². The number of aromatic nitrogens is 3. The maximum Gasteiger partial charge on any atom is 0.231 e. The van der Waals surface area contributed by atoms with Crippen molar-refractivity contribution in [3.05, 3.63) is 140 Å². The molecule has 10 aromatic rings. The zero-order chi connectivity index (χ0) is 29.5. The molecule has 6 aromatic carbocycles. The van der Waals surface area contributed by atoms with Crippen LogP contribution in [0.25, 0.3) is 94.1 Å². The Bertz CT molecular complexity index is 2770. The van der Waals surface area contributed by atoms with E-state index in [-0.39, 0.29) is 0 Å². The van der Waals surface area contributed by atoms with Gasteiger partial charge in [0.05, 0.1) is 27.5 Å². The van der Waals surface area contributed by atoms with Gasteiger partial charge in [0.25, 0.3) is 0 Å². The summed E-state index contributed by atoms with van der Waals surface area (Å²) in [6, 6.07) is 47.9. The van der Waals surface area contributed by atoms with Crippen molar-refractivity contribution in [3.63, 3.8) is 0 Å². The Balaban J connectivity index is 1.30. The van der Waals surface area contributed by atoms with E-state index in [1.54, 1.807) is 0 Å². The number of hydrogen-bond acceptors (Lipinski definition) is 4. The molecule has 210 valence electrons. The summed E-state index contributed by atoms with van der Waals surface area (Å²) < 4.78 is 15.0. The van der Waals surface area contributed by atoms with Gasteiger partial charge in [-0.15, -0.1) is 0 Å². The molecule has 0 radical (unpaired) electrons. The second-order valence-electron chi connectivity index (χ2n) is 11.4. The summed E-state index contributed by atoms with van der Waals surface area (Å²) in [4.78, 5) is 10.1. The fourth-order valence-corrected chi connectivity index (χ4v) is 6.87. The molecule has 45 heavy (non-hydrogen) atoms. The molecule has 0 aliphatic carbocycles. The zero-order valence-corrected chi connectivity index (χ0v) is 23.9. The van der Waals surface area contributed by atoms with E-state index in [9.17, 15) is 0 Å². The van der Waals surface area contributed by atoms with Crippen molar-refractivity contribution in [2.24, 2.45) is 0 Å². The van der Waals surface area contributed by atoms with Gasteiger partial charge in [-0.05, 0) is 42.5 Å². The molecule has 0 saturated carbocycles. The van der Waals surface area contributed by atoms with E-state index in [4.69, 9.17) is 18.8 Å². The SMILES string of the molecule is c1ccc(-c2nc(-c3cccc(-n4c5ccccc5c5ccc6oc7ccccc7c6c54)c3)c3c(n2)oc2ccccc23)cc1. The molecule has 0 atom stereocenters. The number of benzene rings is 6. The monoisotopic (exact) mass is 577 g/mol. The highest BCUT2D eigenvalue weighted by Gasteiger charge is 2.21. The third kappa shape index (κ3) is 3.49. The van der Waals surface area contributed by atoms with Gasteiger partial charge in [0.15, 0.2) is 5.82 Å². The number of para-hydroxylation sites is 3. The van der Waals surface area contributed by atoms with Gasteiger partial charge in [0.1, 0.15) is 16.7 Å². The van der Waals surface area contributed by atoms with Crippen LogP contribution >= 0.6 is 0 Å². The van der Waals surface area contributed by atoms with E-state index in [1.807, 2.05) is 60.7 Å². The first-order valence-corrected chi connectivity index (χ1v) is 15.0. The number of rotatable bonds is 3. The Labute approximate surface area is 256 Å². The van der Waals surface area contributed by atoms with Crippen molar-refractivity contribution in [1.29, 1.82) is 0 Å². The van der Waals surface area contributed by atoms with Crippen molar-refractivity contribution < 1.29 is 8.83 Å². The van der Waals surface area contributed by atoms with Gasteiger partial charge < -0.3 is 13.4 Å². The molecule has 5 nitrogen and oxygen atoms in total. The lowest BCUT2D eigenvalue weighted by atomic mass is 10.0. The molecule has 0 amide bonds. The molecule has 0 aliphatic heterocycles. The van der Waals surface area contributed by atoms with Crippen LogP contribution in [-0.4, -0.2) is 14.5 Å². The minimum absolute atomic E-state index is 0.578. The molecule has 10 rings (SSSR count). The van der Waals surface area contributed by atoms with Crippen molar-refractivity contribution in [2.45, 2.75) is 0 Å². The van der Waals surface area contributed by atoms with Gasteiger partial charge in [0, 0.05) is 38.4 Å². The van der Waals surface area contributed by atoms with Crippen LogP contribution in [0.3, 0.4) is 0 Å². The molecule has 4 aromatic heterocycles. The molecule has 0 bridgehead atoms. The second kappa shape index (κ2) is 9.15. The third-order valence-corrected chi connectivity index (χ3v) is 8.82. The van der Waals surface area contributed by atoms with Crippen LogP contribution in [-0.2, 0) is 0 Å². The summed E-state index contributed by atoms with van der Waals surface area (Å²) in [5.41, 5.74) is 9.19. The standard InChI is InChI=1S/C40H23N3O2/c1-2-11-24(12-3-1)39-41-37(36-30-17-6-9-20-33(30)45-40(36)42-39)25-13-10-14-26(23-25)43-31-18-7-4-15-27(31)28-21-22-34-35(38(28)43)29-16-5-8-19-32(29)44-34/h1-23H. The lowest BCUT2D eigenvalue weighted by Gasteiger charge is -2.12.